The molecule has 2 aliphatic rings. The van der Waals surface area contributed by atoms with Crippen LogP contribution in [0.2, 0.25) is 0 Å². The van der Waals surface area contributed by atoms with Gasteiger partial charge in [0.15, 0.2) is 0 Å². The molecule has 5 aromatic rings. The number of hydrogen-bond acceptors (Lipinski definition) is 4. The summed E-state index contributed by atoms with van der Waals surface area (Å²) in [7, 11) is 0. The van der Waals surface area contributed by atoms with Gasteiger partial charge in [0.05, 0.1) is 34.2 Å². The molecule has 2 atom stereocenters. The van der Waals surface area contributed by atoms with Gasteiger partial charge >= 0.3 is 0 Å². The molecule has 0 unspecified atom stereocenters. The third-order valence-corrected chi connectivity index (χ3v) is 9.07. The van der Waals surface area contributed by atoms with Crippen molar-refractivity contribution in [3.8, 4) is 22.3 Å². The van der Waals surface area contributed by atoms with Crippen LogP contribution in [0.4, 0.5) is 0 Å². The van der Waals surface area contributed by atoms with Crippen molar-refractivity contribution in [3.05, 3.63) is 96.1 Å². The van der Waals surface area contributed by atoms with Gasteiger partial charge in [0.2, 0.25) is 11.8 Å². The largest absolute Gasteiger partial charge is 0.475 e. The molecule has 0 fully saturated rings. The van der Waals surface area contributed by atoms with Gasteiger partial charge in [-0.15, -0.1) is 0 Å². The predicted octanol–water partition coefficient (Wildman–Crippen LogP) is 9.82. The lowest BCUT2D eigenvalue weighted by Gasteiger charge is -2.09. The summed E-state index contributed by atoms with van der Waals surface area (Å²) < 4.78 is 12.7. The minimum atomic E-state index is 0.187. The number of aromatic nitrogens is 1. The van der Waals surface area contributed by atoms with E-state index in [1.807, 2.05) is 0 Å². The van der Waals surface area contributed by atoms with Crippen LogP contribution in [-0.2, 0) is 9.47 Å². The van der Waals surface area contributed by atoms with Gasteiger partial charge in [0.25, 0.3) is 0 Å². The van der Waals surface area contributed by atoms with Gasteiger partial charge in [0.1, 0.15) is 13.2 Å². The van der Waals surface area contributed by atoms with Crippen molar-refractivity contribution in [3.63, 3.8) is 0 Å². The Kier molecular flexibility index (Phi) is 8.18. The zero-order valence-corrected chi connectivity index (χ0v) is 26.8. The van der Waals surface area contributed by atoms with Crippen LogP contribution in [0.15, 0.2) is 94.9 Å². The summed E-state index contributed by atoms with van der Waals surface area (Å²) in [6.07, 6.45) is 4.36. The first-order valence-electron chi connectivity index (χ1n) is 16.6. The Balaban J connectivity index is 1.43. The second kappa shape index (κ2) is 12.5. The molecule has 4 aromatic carbocycles. The molecule has 0 saturated heterocycles. The second-order valence-electron chi connectivity index (χ2n) is 13.5. The summed E-state index contributed by atoms with van der Waals surface area (Å²) >= 11 is 0. The molecule has 45 heavy (non-hydrogen) atoms. The molecule has 5 heteroatoms. The normalized spacial score (nSPS) is 18.1. The number of fused-ring (bicyclic) bond motifs is 3. The molecule has 2 aliphatic heterocycles. The van der Waals surface area contributed by atoms with Crippen molar-refractivity contribution < 1.29 is 9.47 Å². The molecular weight excluding hydrogens is 554 g/mol. The highest BCUT2D eigenvalue weighted by atomic mass is 16.5. The predicted molar refractivity (Wildman–Crippen MR) is 187 cm³/mol. The Morgan fingerprint density at radius 1 is 0.600 bits per heavy atom. The average molecular weight is 598 g/mol. The first-order chi connectivity index (χ1) is 21.9. The topological polar surface area (TPSA) is 59.0 Å². The fourth-order valence-electron chi connectivity index (χ4n) is 6.51. The molecule has 3 heterocycles. The summed E-state index contributed by atoms with van der Waals surface area (Å²) in [6, 6.07) is 30.6. The maximum Gasteiger partial charge on any atom is 0.218 e. The molecule has 7 rings (SSSR count). The molecule has 0 amide bonds. The van der Waals surface area contributed by atoms with E-state index < -0.39 is 0 Å². The fourth-order valence-corrected chi connectivity index (χ4v) is 6.51. The summed E-state index contributed by atoms with van der Waals surface area (Å²) in [5, 5.41) is 2.29. The summed E-state index contributed by atoms with van der Waals surface area (Å²) in [6.45, 7) is 10.3. The maximum atomic E-state index is 6.34. The molecule has 0 bridgehead atoms. The van der Waals surface area contributed by atoms with Crippen molar-refractivity contribution in [2.24, 2.45) is 21.8 Å². The van der Waals surface area contributed by atoms with Crippen molar-refractivity contribution in [2.75, 3.05) is 13.2 Å². The van der Waals surface area contributed by atoms with E-state index >= 15 is 0 Å². The van der Waals surface area contributed by atoms with Gasteiger partial charge in [-0.1, -0.05) is 88.4 Å². The quantitative estimate of drug-likeness (QED) is 0.174. The van der Waals surface area contributed by atoms with E-state index in [0.717, 1.165) is 81.5 Å². The van der Waals surface area contributed by atoms with Crippen LogP contribution in [0.5, 0.6) is 0 Å². The molecule has 230 valence electrons. The van der Waals surface area contributed by atoms with Gasteiger partial charge in [-0.25, -0.2) is 9.98 Å². The van der Waals surface area contributed by atoms with Gasteiger partial charge in [0, 0.05) is 10.8 Å². The number of rotatable bonds is 10. The van der Waals surface area contributed by atoms with E-state index in [1.54, 1.807) is 0 Å². The maximum absolute atomic E-state index is 6.34. The van der Waals surface area contributed by atoms with E-state index in [1.165, 1.54) is 11.1 Å². The van der Waals surface area contributed by atoms with Gasteiger partial charge < -0.3 is 14.5 Å². The lowest BCUT2D eigenvalue weighted by atomic mass is 9.96. The molecule has 1 aromatic heterocycles. The molecular formula is C40H43N3O2. The Labute approximate surface area is 266 Å². The molecule has 0 spiro atoms. The Morgan fingerprint density at radius 3 is 1.42 bits per heavy atom. The molecule has 0 saturated carbocycles. The second-order valence-corrected chi connectivity index (χ2v) is 13.5. The molecule has 1 N–H and O–H groups in total. The number of nitrogens with zero attached hydrogens (tertiary/aromatic N) is 2. The van der Waals surface area contributed by atoms with Crippen LogP contribution in [0.25, 0.3) is 44.1 Å². The van der Waals surface area contributed by atoms with E-state index in [0.29, 0.717) is 25.0 Å². The minimum absolute atomic E-state index is 0.187. The van der Waals surface area contributed by atoms with Gasteiger partial charge in [-0.2, -0.15) is 0 Å². The lowest BCUT2D eigenvalue weighted by molar-refractivity contribution is 0.306. The van der Waals surface area contributed by atoms with E-state index in [2.05, 4.69) is 118 Å². The number of benzene rings is 4. The average Bonchev–Trinajstić information content (AvgIpc) is 3.82. The Bertz CT molecular complexity index is 1730. The van der Waals surface area contributed by atoms with Crippen molar-refractivity contribution in [1.82, 2.24) is 4.98 Å². The van der Waals surface area contributed by atoms with Crippen LogP contribution in [0.1, 0.15) is 64.5 Å². The number of aromatic amines is 1. The van der Waals surface area contributed by atoms with Crippen LogP contribution >= 0.6 is 0 Å². The Hall–Kier alpha value is -4.38. The van der Waals surface area contributed by atoms with E-state index in [9.17, 15) is 0 Å². The van der Waals surface area contributed by atoms with Crippen molar-refractivity contribution >= 4 is 33.6 Å². The number of H-pyrrole nitrogens is 1. The highest BCUT2D eigenvalue weighted by Crippen LogP contribution is 2.38. The number of aliphatic imine (C=N–C) groups is 2. The summed E-state index contributed by atoms with van der Waals surface area (Å²) in [4.78, 5) is 14.1. The van der Waals surface area contributed by atoms with Crippen LogP contribution in [-0.4, -0.2) is 42.1 Å². The zero-order valence-electron chi connectivity index (χ0n) is 26.8. The van der Waals surface area contributed by atoms with Crippen LogP contribution in [0.3, 0.4) is 0 Å². The third kappa shape index (κ3) is 6.13. The number of nitrogens with one attached hydrogen (secondary N) is 1. The Morgan fingerprint density at radius 2 is 1.02 bits per heavy atom. The highest BCUT2D eigenvalue weighted by molar-refractivity contribution is 6.21. The van der Waals surface area contributed by atoms with E-state index in [-0.39, 0.29) is 12.1 Å². The number of hydrogen-bond donors (Lipinski definition) is 1. The monoisotopic (exact) mass is 597 g/mol. The van der Waals surface area contributed by atoms with Gasteiger partial charge in [-0.05, 0) is 84.0 Å². The third-order valence-electron chi connectivity index (χ3n) is 9.07. The smallest absolute Gasteiger partial charge is 0.218 e. The van der Waals surface area contributed by atoms with Crippen LogP contribution in [0, 0.1) is 11.8 Å². The van der Waals surface area contributed by atoms with Crippen molar-refractivity contribution in [1.29, 1.82) is 0 Å². The number of ether oxygens (including phenoxy) is 2. The molecule has 0 radical (unpaired) electrons. The standard InChI is InChI=1S/C40H43N3O2/c1-25(2)15-17-31-23-44-39(41-31)35-21-29(27-11-7-5-8-12-27)19-33-34-20-30(28-13-9-6-10-14-28)22-36(38(34)43-37(33)35)40-42-32(24-45-40)18-16-26(3)4/h5-14,19-22,25-26,31-32,43H,15-18,23-24H2,1-4H3/t31-,32-/m0/s1. The first kappa shape index (κ1) is 29.3. The lowest BCUT2D eigenvalue weighted by Crippen LogP contribution is -2.07. The zero-order chi connectivity index (χ0) is 30.9. The van der Waals surface area contributed by atoms with Crippen LogP contribution < -0.4 is 0 Å². The summed E-state index contributed by atoms with van der Waals surface area (Å²) in [5.41, 5.74) is 8.71. The fraction of sp³-hybridized carbons (Fsp3) is 0.350. The van der Waals surface area contributed by atoms with Crippen molar-refractivity contribution in [2.45, 2.75) is 65.5 Å². The SMILES string of the molecule is CC(C)CC[C@H]1COC(c2cc(-c3ccccc3)cc3c2[nH]c2c(C4=N[C@@H](CCC(C)C)CO4)cc(-c4ccccc4)cc23)=N1. The van der Waals surface area contributed by atoms with E-state index in [4.69, 9.17) is 19.5 Å². The molecule has 5 nitrogen and oxygen atoms in total. The minimum Gasteiger partial charge on any atom is -0.475 e. The highest BCUT2D eigenvalue weighted by Gasteiger charge is 2.27. The summed E-state index contributed by atoms with van der Waals surface area (Å²) in [5.74, 6) is 2.75. The first-order valence-corrected chi connectivity index (χ1v) is 16.6. The molecule has 0 aliphatic carbocycles. The van der Waals surface area contributed by atoms with Gasteiger partial charge in [-0.3, -0.25) is 0 Å².